The van der Waals surface area contributed by atoms with Crippen LogP contribution in [0.1, 0.15) is 18.5 Å². The van der Waals surface area contributed by atoms with Crippen molar-refractivity contribution in [3.63, 3.8) is 0 Å². The number of benzene rings is 1. The third-order valence-corrected chi connectivity index (χ3v) is 2.53. The number of alkyl halides is 1. The van der Waals surface area contributed by atoms with Crippen LogP contribution >= 0.6 is 11.6 Å². The SMILES string of the molecule is CCOC(=O)C(F)[C@@H](N)c1cc(F)cc(Cl)c1O. The molecule has 0 amide bonds. The second-order valence-corrected chi connectivity index (χ2v) is 3.91. The van der Waals surface area contributed by atoms with E-state index >= 15 is 0 Å². The number of ether oxygens (including phenoxy) is 1. The number of phenols is 1. The average molecular weight is 280 g/mol. The smallest absolute Gasteiger partial charge is 0.342 e. The standard InChI is InChI=1S/C11H12ClF2NO3/c1-2-18-11(17)8(14)9(15)6-3-5(13)4-7(12)10(6)16/h3-4,8-9,16H,2,15H2,1H3/t8?,9-/m0/s1. The predicted molar refractivity (Wildman–Crippen MR) is 61.5 cm³/mol. The van der Waals surface area contributed by atoms with Crippen molar-refractivity contribution >= 4 is 17.6 Å². The largest absolute Gasteiger partial charge is 0.506 e. The van der Waals surface area contributed by atoms with Crippen LogP contribution in [-0.2, 0) is 9.53 Å². The first-order chi connectivity index (χ1) is 8.38. The van der Waals surface area contributed by atoms with Gasteiger partial charge in [-0.1, -0.05) is 11.6 Å². The van der Waals surface area contributed by atoms with Gasteiger partial charge in [-0.2, -0.15) is 0 Å². The summed E-state index contributed by atoms with van der Waals surface area (Å²) in [4.78, 5) is 11.2. The lowest BCUT2D eigenvalue weighted by molar-refractivity contribution is -0.149. The zero-order valence-corrected chi connectivity index (χ0v) is 10.2. The summed E-state index contributed by atoms with van der Waals surface area (Å²) in [5.74, 6) is -2.53. The first-order valence-electron chi connectivity index (χ1n) is 5.12. The molecule has 1 rings (SSSR count). The van der Waals surface area contributed by atoms with Crippen LogP contribution in [0.3, 0.4) is 0 Å². The molecule has 1 aromatic rings. The van der Waals surface area contributed by atoms with E-state index in [0.717, 1.165) is 12.1 Å². The number of aromatic hydroxyl groups is 1. The highest BCUT2D eigenvalue weighted by Gasteiger charge is 2.30. The zero-order chi connectivity index (χ0) is 13.9. The Hall–Kier alpha value is -1.40. The lowest BCUT2D eigenvalue weighted by Gasteiger charge is -2.17. The van der Waals surface area contributed by atoms with Crippen LogP contribution in [0.5, 0.6) is 5.75 Å². The number of carbonyl (C=O) groups is 1. The molecular formula is C11H12ClF2NO3. The van der Waals surface area contributed by atoms with Crippen LogP contribution in [0, 0.1) is 5.82 Å². The molecule has 0 aliphatic carbocycles. The van der Waals surface area contributed by atoms with Crippen molar-refractivity contribution in [1.82, 2.24) is 0 Å². The number of esters is 1. The molecule has 0 heterocycles. The van der Waals surface area contributed by atoms with Crippen LogP contribution in [0.4, 0.5) is 8.78 Å². The minimum absolute atomic E-state index is 0.0120. The topological polar surface area (TPSA) is 72.5 Å². The first-order valence-corrected chi connectivity index (χ1v) is 5.50. The molecule has 0 saturated carbocycles. The molecule has 1 aromatic carbocycles. The Morgan fingerprint density at radius 3 is 2.78 bits per heavy atom. The van der Waals surface area contributed by atoms with Crippen molar-refractivity contribution < 1.29 is 23.4 Å². The maximum atomic E-state index is 13.6. The second-order valence-electron chi connectivity index (χ2n) is 3.51. The molecule has 0 spiro atoms. The van der Waals surface area contributed by atoms with Crippen LogP contribution in [0.25, 0.3) is 0 Å². The van der Waals surface area contributed by atoms with E-state index in [1.807, 2.05) is 0 Å². The third kappa shape index (κ3) is 3.08. The van der Waals surface area contributed by atoms with Crippen LogP contribution in [0.15, 0.2) is 12.1 Å². The fraction of sp³-hybridized carbons (Fsp3) is 0.364. The van der Waals surface area contributed by atoms with Gasteiger partial charge in [0.15, 0.2) is 0 Å². The highest BCUT2D eigenvalue weighted by Crippen LogP contribution is 2.33. The Labute approximate surface area is 107 Å². The number of hydrogen-bond donors (Lipinski definition) is 2. The predicted octanol–water partition coefficient (Wildman–Crippen LogP) is 2.09. The van der Waals surface area contributed by atoms with Gasteiger partial charge in [0.25, 0.3) is 0 Å². The maximum Gasteiger partial charge on any atom is 0.342 e. The molecule has 0 aliphatic rings. The number of halogens is 3. The van der Waals surface area contributed by atoms with E-state index in [-0.39, 0.29) is 17.2 Å². The summed E-state index contributed by atoms with van der Waals surface area (Å²) >= 11 is 5.52. The molecule has 4 nitrogen and oxygen atoms in total. The molecule has 0 radical (unpaired) electrons. The first kappa shape index (κ1) is 14.7. The fourth-order valence-corrected chi connectivity index (χ4v) is 1.58. The minimum Gasteiger partial charge on any atom is -0.506 e. The molecule has 0 saturated heterocycles. The molecule has 18 heavy (non-hydrogen) atoms. The van der Waals surface area contributed by atoms with Crippen LogP contribution in [-0.4, -0.2) is 23.9 Å². The highest BCUT2D eigenvalue weighted by molar-refractivity contribution is 6.32. The molecule has 100 valence electrons. The highest BCUT2D eigenvalue weighted by atomic mass is 35.5. The summed E-state index contributed by atoms with van der Waals surface area (Å²) in [7, 11) is 0. The lowest BCUT2D eigenvalue weighted by Crippen LogP contribution is -2.31. The van der Waals surface area contributed by atoms with E-state index in [4.69, 9.17) is 17.3 Å². The quantitative estimate of drug-likeness (QED) is 0.828. The Morgan fingerprint density at radius 1 is 1.61 bits per heavy atom. The molecule has 2 atom stereocenters. The van der Waals surface area contributed by atoms with Crippen molar-refractivity contribution in [1.29, 1.82) is 0 Å². The normalized spacial score (nSPS) is 14.1. The average Bonchev–Trinajstić information content (AvgIpc) is 2.32. The van der Waals surface area contributed by atoms with Gasteiger partial charge in [-0.25, -0.2) is 13.6 Å². The van der Waals surface area contributed by atoms with Crippen molar-refractivity contribution in [2.75, 3.05) is 6.61 Å². The Morgan fingerprint density at radius 2 is 2.22 bits per heavy atom. The Kier molecular flexibility index (Phi) is 4.86. The van der Waals surface area contributed by atoms with Gasteiger partial charge in [0.2, 0.25) is 6.17 Å². The van der Waals surface area contributed by atoms with E-state index in [1.165, 1.54) is 6.92 Å². The van der Waals surface area contributed by atoms with Gasteiger partial charge in [-0.3, -0.25) is 0 Å². The molecule has 1 unspecified atom stereocenters. The Bertz CT molecular complexity index is 456. The van der Waals surface area contributed by atoms with Gasteiger partial charge in [-0.15, -0.1) is 0 Å². The van der Waals surface area contributed by atoms with Gasteiger partial charge >= 0.3 is 5.97 Å². The van der Waals surface area contributed by atoms with Crippen molar-refractivity contribution in [3.05, 3.63) is 28.5 Å². The molecule has 0 bridgehead atoms. The monoisotopic (exact) mass is 279 g/mol. The number of carbonyl (C=O) groups excluding carboxylic acids is 1. The zero-order valence-electron chi connectivity index (χ0n) is 9.49. The number of nitrogens with two attached hydrogens (primary N) is 1. The molecule has 7 heteroatoms. The molecule has 0 aliphatic heterocycles. The minimum atomic E-state index is -2.21. The summed E-state index contributed by atoms with van der Waals surface area (Å²) < 4.78 is 31.2. The van der Waals surface area contributed by atoms with E-state index in [1.54, 1.807) is 0 Å². The second kappa shape index (κ2) is 5.97. The van der Waals surface area contributed by atoms with Crippen molar-refractivity contribution in [2.24, 2.45) is 5.73 Å². The van der Waals surface area contributed by atoms with Crippen LogP contribution in [0.2, 0.25) is 5.02 Å². The number of phenolic OH excluding ortho intramolecular Hbond substituents is 1. The fourth-order valence-electron chi connectivity index (χ4n) is 1.37. The summed E-state index contributed by atoms with van der Waals surface area (Å²) in [6.45, 7) is 1.49. The van der Waals surface area contributed by atoms with Crippen molar-refractivity contribution in [2.45, 2.75) is 19.1 Å². The summed E-state index contributed by atoms with van der Waals surface area (Å²) in [6, 6.07) is 0.111. The summed E-state index contributed by atoms with van der Waals surface area (Å²) in [6.07, 6.45) is -2.21. The lowest BCUT2D eigenvalue weighted by atomic mass is 10.0. The van der Waals surface area contributed by atoms with Crippen molar-refractivity contribution in [3.8, 4) is 5.75 Å². The van der Waals surface area contributed by atoms with E-state index < -0.39 is 29.7 Å². The summed E-state index contributed by atoms with van der Waals surface area (Å²) in [5, 5.41) is 9.25. The Balaban J connectivity index is 3.03. The van der Waals surface area contributed by atoms with Gasteiger partial charge in [0, 0.05) is 5.56 Å². The van der Waals surface area contributed by atoms with E-state index in [2.05, 4.69) is 4.74 Å². The molecule has 3 N–H and O–H groups in total. The maximum absolute atomic E-state index is 13.6. The van der Waals surface area contributed by atoms with Gasteiger partial charge in [0.05, 0.1) is 17.7 Å². The van der Waals surface area contributed by atoms with Gasteiger partial charge < -0.3 is 15.6 Å². The number of hydrogen-bond acceptors (Lipinski definition) is 4. The third-order valence-electron chi connectivity index (χ3n) is 2.24. The molecular weight excluding hydrogens is 268 g/mol. The van der Waals surface area contributed by atoms with Gasteiger partial charge in [-0.05, 0) is 19.1 Å². The molecule has 0 aromatic heterocycles. The van der Waals surface area contributed by atoms with Gasteiger partial charge in [0.1, 0.15) is 11.6 Å². The van der Waals surface area contributed by atoms with Crippen LogP contribution < -0.4 is 5.73 Å². The van der Waals surface area contributed by atoms with E-state index in [0.29, 0.717) is 0 Å². The number of rotatable bonds is 4. The van der Waals surface area contributed by atoms with E-state index in [9.17, 15) is 18.7 Å². The molecule has 0 fully saturated rings. The summed E-state index contributed by atoms with van der Waals surface area (Å²) in [5.41, 5.74) is 5.16.